The quantitative estimate of drug-likeness (QED) is 0.459. The Morgan fingerprint density at radius 3 is 2.50 bits per heavy atom. The summed E-state index contributed by atoms with van der Waals surface area (Å²) in [5.41, 5.74) is 0.323. The van der Waals surface area contributed by atoms with Gasteiger partial charge in [0.25, 0.3) is 0 Å². The van der Waals surface area contributed by atoms with Crippen LogP contribution >= 0.6 is 0 Å². The fourth-order valence-electron chi connectivity index (χ4n) is 1.61. The van der Waals surface area contributed by atoms with Gasteiger partial charge < -0.3 is 5.32 Å². The van der Waals surface area contributed by atoms with E-state index in [1.807, 2.05) is 44.2 Å². The summed E-state index contributed by atoms with van der Waals surface area (Å²) in [7, 11) is 1.24. The smallest absolute Gasteiger partial charge is 0.182 e. The average molecular weight is 235 g/mol. The maximum absolute atomic E-state index is 12.2. The van der Waals surface area contributed by atoms with Gasteiger partial charge in [-0.15, -0.1) is 0 Å². The Morgan fingerprint density at radius 1 is 1.31 bits per heavy atom. The van der Waals surface area contributed by atoms with Crippen LogP contribution < -0.4 is 5.32 Å². The van der Waals surface area contributed by atoms with Crippen LogP contribution in [-0.2, 0) is 0 Å². The molecule has 0 saturated heterocycles. The van der Waals surface area contributed by atoms with Crippen molar-refractivity contribution in [3.05, 3.63) is 35.9 Å². The molecule has 1 rings (SSSR count). The van der Waals surface area contributed by atoms with Gasteiger partial charge in [-0.2, -0.15) is 0 Å². The lowest BCUT2D eigenvalue weighted by Crippen LogP contribution is -2.47. The number of hydrogen-bond donors (Lipinski definition) is 1. The Bertz CT molecular complexity index is 335. The number of hydrogen-bond acceptors (Lipinski definition) is 2. The van der Waals surface area contributed by atoms with Gasteiger partial charge in [-0.05, 0) is 26.8 Å². The van der Waals surface area contributed by atoms with Crippen molar-refractivity contribution in [3.8, 4) is 0 Å². The lowest BCUT2D eigenvalue weighted by atomic mass is 9.93. The molecule has 0 spiro atoms. The van der Waals surface area contributed by atoms with Crippen LogP contribution in [0.3, 0.4) is 0 Å². The highest BCUT2D eigenvalue weighted by Crippen LogP contribution is 2.12. The standard InChI is InChI=1S/C13H21NOSi/c1-13(2,14-9-6-10-16)12(15)11-7-4-3-5-8-11/h3-5,7-8,14H,6,9-10H2,1-2,16H3. The van der Waals surface area contributed by atoms with E-state index in [-0.39, 0.29) is 5.78 Å². The molecule has 1 aromatic carbocycles. The Morgan fingerprint density at radius 2 is 1.94 bits per heavy atom. The highest BCUT2D eigenvalue weighted by Gasteiger charge is 2.27. The van der Waals surface area contributed by atoms with Gasteiger partial charge in [0.15, 0.2) is 5.78 Å². The van der Waals surface area contributed by atoms with Gasteiger partial charge in [-0.25, -0.2) is 0 Å². The van der Waals surface area contributed by atoms with E-state index in [4.69, 9.17) is 0 Å². The van der Waals surface area contributed by atoms with Crippen molar-refractivity contribution in [3.63, 3.8) is 0 Å². The number of benzene rings is 1. The molecule has 0 bridgehead atoms. The molecule has 16 heavy (non-hydrogen) atoms. The molecule has 0 heterocycles. The Kier molecular flexibility index (Phi) is 4.90. The van der Waals surface area contributed by atoms with E-state index in [1.54, 1.807) is 0 Å². The normalized spacial score (nSPS) is 11.6. The number of Topliss-reactive ketones (excluding diaryl/α,β-unsaturated/α-hetero) is 1. The first kappa shape index (κ1) is 13.1. The summed E-state index contributed by atoms with van der Waals surface area (Å²) in [6.07, 6.45) is 1.16. The summed E-state index contributed by atoms with van der Waals surface area (Å²) in [4.78, 5) is 12.2. The molecule has 0 radical (unpaired) electrons. The summed E-state index contributed by atoms with van der Waals surface area (Å²) in [6.45, 7) is 4.83. The second kappa shape index (κ2) is 5.96. The molecule has 3 heteroatoms. The molecule has 0 saturated carbocycles. The van der Waals surface area contributed by atoms with Crippen LogP contribution in [0.4, 0.5) is 0 Å². The van der Waals surface area contributed by atoms with Crippen LogP contribution in [-0.4, -0.2) is 28.1 Å². The van der Waals surface area contributed by atoms with Gasteiger partial charge in [0, 0.05) is 15.8 Å². The molecule has 2 nitrogen and oxygen atoms in total. The zero-order chi connectivity index (χ0) is 12.0. The van der Waals surface area contributed by atoms with E-state index in [0.29, 0.717) is 0 Å². The van der Waals surface area contributed by atoms with Gasteiger partial charge >= 0.3 is 0 Å². The topological polar surface area (TPSA) is 29.1 Å². The molecule has 0 aromatic heterocycles. The molecule has 0 atom stereocenters. The number of carbonyl (C=O) groups excluding carboxylic acids is 1. The Labute approximate surface area is 101 Å². The third-order valence-electron chi connectivity index (χ3n) is 2.70. The molecule has 88 valence electrons. The van der Waals surface area contributed by atoms with Gasteiger partial charge in [0.05, 0.1) is 5.54 Å². The molecule has 1 aromatic rings. The van der Waals surface area contributed by atoms with E-state index in [1.165, 1.54) is 16.3 Å². The van der Waals surface area contributed by atoms with Crippen molar-refractivity contribution < 1.29 is 4.79 Å². The fraction of sp³-hybridized carbons (Fsp3) is 0.462. The molecular weight excluding hydrogens is 214 g/mol. The van der Waals surface area contributed by atoms with Crippen molar-refractivity contribution in [2.45, 2.75) is 31.9 Å². The molecule has 0 fully saturated rings. The zero-order valence-corrected chi connectivity index (χ0v) is 12.4. The third kappa shape index (κ3) is 3.58. The van der Waals surface area contributed by atoms with Crippen molar-refractivity contribution in [2.75, 3.05) is 6.54 Å². The van der Waals surface area contributed by atoms with E-state index in [0.717, 1.165) is 18.5 Å². The lowest BCUT2D eigenvalue weighted by Gasteiger charge is -2.24. The van der Waals surface area contributed by atoms with Gasteiger partial charge in [-0.3, -0.25) is 4.79 Å². The predicted octanol–water partition coefficient (Wildman–Crippen LogP) is 1.41. The number of ketones is 1. The van der Waals surface area contributed by atoms with Crippen LogP contribution in [0.1, 0.15) is 30.6 Å². The molecule has 0 unspecified atom stereocenters. The first-order valence-electron chi connectivity index (χ1n) is 5.93. The van der Waals surface area contributed by atoms with Crippen LogP contribution in [0, 0.1) is 0 Å². The van der Waals surface area contributed by atoms with E-state index in [2.05, 4.69) is 5.32 Å². The summed E-state index contributed by atoms with van der Waals surface area (Å²) >= 11 is 0. The maximum Gasteiger partial charge on any atom is 0.182 e. The van der Waals surface area contributed by atoms with Crippen molar-refractivity contribution in [2.24, 2.45) is 0 Å². The molecule has 0 aliphatic heterocycles. The highest BCUT2D eigenvalue weighted by atomic mass is 28.1. The summed E-state index contributed by atoms with van der Waals surface area (Å²) < 4.78 is 0. The Balaban J connectivity index is 2.65. The van der Waals surface area contributed by atoms with Gasteiger partial charge in [-0.1, -0.05) is 36.4 Å². The zero-order valence-electron chi connectivity index (χ0n) is 10.4. The SMILES string of the molecule is CC(C)(NCCC[SiH3])C(=O)c1ccccc1. The first-order chi connectivity index (χ1) is 7.58. The summed E-state index contributed by atoms with van der Waals surface area (Å²) in [5, 5.41) is 3.33. The highest BCUT2D eigenvalue weighted by molar-refractivity contribution is 6.08. The van der Waals surface area contributed by atoms with E-state index >= 15 is 0 Å². The average Bonchev–Trinajstić information content (AvgIpc) is 2.29. The monoisotopic (exact) mass is 235 g/mol. The van der Waals surface area contributed by atoms with E-state index in [9.17, 15) is 4.79 Å². The largest absolute Gasteiger partial charge is 0.305 e. The minimum Gasteiger partial charge on any atom is -0.305 e. The van der Waals surface area contributed by atoms with Crippen molar-refractivity contribution in [1.29, 1.82) is 0 Å². The fourth-order valence-corrected chi connectivity index (χ4v) is 1.96. The Hall–Kier alpha value is -0.933. The molecule has 1 N–H and O–H groups in total. The first-order valence-corrected chi connectivity index (χ1v) is 7.34. The third-order valence-corrected chi connectivity index (χ3v) is 3.41. The minimum absolute atomic E-state index is 0.168. The van der Waals surface area contributed by atoms with Gasteiger partial charge in [0.1, 0.15) is 0 Å². The van der Waals surface area contributed by atoms with Crippen LogP contribution in [0.15, 0.2) is 30.3 Å². The van der Waals surface area contributed by atoms with E-state index < -0.39 is 5.54 Å². The maximum atomic E-state index is 12.2. The molecule has 0 amide bonds. The number of nitrogens with one attached hydrogen (secondary N) is 1. The van der Waals surface area contributed by atoms with Gasteiger partial charge in [0.2, 0.25) is 0 Å². The van der Waals surface area contributed by atoms with Crippen molar-refractivity contribution >= 4 is 16.0 Å². The second-order valence-electron chi connectivity index (χ2n) is 4.60. The second-order valence-corrected chi connectivity index (χ2v) is 5.60. The summed E-state index contributed by atoms with van der Waals surface area (Å²) in [5.74, 6) is 0.168. The van der Waals surface area contributed by atoms with Crippen molar-refractivity contribution in [1.82, 2.24) is 5.32 Å². The minimum atomic E-state index is -0.460. The molecule has 0 aliphatic carbocycles. The van der Waals surface area contributed by atoms with Crippen LogP contribution in [0.2, 0.25) is 6.04 Å². The van der Waals surface area contributed by atoms with Crippen LogP contribution in [0.5, 0.6) is 0 Å². The van der Waals surface area contributed by atoms with Crippen LogP contribution in [0.25, 0.3) is 0 Å². The number of rotatable bonds is 6. The molecular formula is C13H21NOSi. The summed E-state index contributed by atoms with van der Waals surface area (Å²) in [6, 6.07) is 10.8. The number of carbonyl (C=O) groups is 1. The lowest BCUT2D eigenvalue weighted by molar-refractivity contribution is 0.0882. The molecule has 0 aliphatic rings. The predicted molar refractivity (Wildman–Crippen MR) is 72.2 cm³/mol.